The van der Waals surface area contributed by atoms with Gasteiger partial charge in [0.2, 0.25) is 0 Å². The smallest absolute Gasteiger partial charge is 0.258 e. The second-order valence-electron chi connectivity index (χ2n) is 6.33. The van der Waals surface area contributed by atoms with Crippen molar-refractivity contribution >= 4 is 44.6 Å². The van der Waals surface area contributed by atoms with Crippen LogP contribution in [0.15, 0.2) is 41.3 Å². The van der Waals surface area contributed by atoms with Crippen molar-refractivity contribution in [2.24, 2.45) is 0 Å². The van der Waals surface area contributed by atoms with E-state index in [0.717, 1.165) is 0 Å². The van der Waals surface area contributed by atoms with E-state index in [9.17, 15) is 18.3 Å². The number of para-hydroxylation sites is 1. The van der Waals surface area contributed by atoms with Gasteiger partial charge in [-0.3, -0.25) is 4.79 Å². The van der Waals surface area contributed by atoms with Crippen LogP contribution in [-0.2, 0) is 9.84 Å². The first-order valence-electron chi connectivity index (χ1n) is 7.60. The molecule has 5 nitrogen and oxygen atoms in total. The molecule has 0 saturated heterocycles. The van der Waals surface area contributed by atoms with Crippen molar-refractivity contribution in [3.8, 4) is 5.75 Å². The standard InChI is InChI=1S/C17H13Cl2NO4S/c18-11-7-10(8-12(19)15(11)21)16(22)20-9-17(5-6-17)25(23,24)14-4-2-1-3-13(14)20/h1-4,7-8,21H,5-6,9H2. The Bertz CT molecular complexity index is 992. The minimum absolute atomic E-state index is 0.0325. The maximum Gasteiger partial charge on any atom is 0.258 e. The van der Waals surface area contributed by atoms with Crippen molar-refractivity contribution in [2.75, 3.05) is 11.4 Å². The maximum absolute atomic E-state index is 13.0. The number of phenols is 1. The van der Waals surface area contributed by atoms with Crippen molar-refractivity contribution in [3.63, 3.8) is 0 Å². The third-order valence-corrected chi connectivity index (χ3v) is 7.96. The Balaban J connectivity index is 1.85. The summed E-state index contributed by atoms with van der Waals surface area (Å²) >= 11 is 11.8. The van der Waals surface area contributed by atoms with E-state index in [1.165, 1.54) is 23.1 Å². The highest BCUT2D eigenvalue weighted by molar-refractivity contribution is 7.93. The third kappa shape index (κ3) is 2.35. The Morgan fingerprint density at radius 3 is 2.32 bits per heavy atom. The average Bonchev–Trinajstić information content (AvgIpc) is 3.37. The molecule has 0 bridgehead atoms. The van der Waals surface area contributed by atoms with Gasteiger partial charge in [0.05, 0.1) is 25.4 Å². The number of carbonyl (C=O) groups is 1. The highest BCUT2D eigenvalue weighted by atomic mass is 35.5. The van der Waals surface area contributed by atoms with Gasteiger partial charge in [-0.15, -0.1) is 0 Å². The number of phenolic OH excluding ortho intramolecular Hbond substituents is 1. The summed E-state index contributed by atoms with van der Waals surface area (Å²) in [4.78, 5) is 14.7. The van der Waals surface area contributed by atoms with E-state index in [2.05, 4.69) is 0 Å². The Hall–Kier alpha value is -1.76. The fourth-order valence-electron chi connectivity index (χ4n) is 3.19. The molecule has 1 fully saturated rings. The van der Waals surface area contributed by atoms with Gasteiger partial charge in [0.15, 0.2) is 15.6 Å². The van der Waals surface area contributed by atoms with Crippen molar-refractivity contribution < 1.29 is 18.3 Å². The number of hydrogen-bond donors (Lipinski definition) is 1. The molecule has 2 aliphatic rings. The number of nitrogens with zero attached hydrogens (tertiary/aromatic N) is 1. The summed E-state index contributed by atoms with van der Waals surface area (Å²) < 4.78 is 24.8. The summed E-state index contributed by atoms with van der Waals surface area (Å²) in [5, 5.41) is 9.61. The number of hydrogen-bond acceptors (Lipinski definition) is 4. The topological polar surface area (TPSA) is 74.7 Å². The van der Waals surface area contributed by atoms with Crippen LogP contribution in [0.2, 0.25) is 10.0 Å². The molecule has 0 atom stereocenters. The first kappa shape index (κ1) is 16.7. The molecular formula is C17H13Cl2NO4S. The Kier molecular flexibility index (Phi) is 3.58. The van der Waals surface area contributed by atoms with E-state index in [4.69, 9.17) is 23.2 Å². The van der Waals surface area contributed by atoms with Crippen molar-refractivity contribution in [1.82, 2.24) is 0 Å². The molecule has 0 aromatic heterocycles. The van der Waals surface area contributed by atoms with Gasteiger partial charge in [-0.25, -0.2) is 8.42 Å². The number of halogens is 2. The molecule has 1 aliphatic carbocycles. The predicted molar refractivity (Wildman–Crippen MR) is 95.4 cm³/mol. The summed E-state index contributed by atoms with van der Waals surface area (Å²) in [6, 6.07) is 9.14. The summed E-state index contributed by atoms with van der Waals surface area (Å²) in [7, 11) is -3.47. The molecule has 0 unspecified atom stereocenters. The lowest BCUT2D eigenvalue weighted by Gasteiger charge is -2.34. The molecule has 1 spiro atoms. The molecule has 130 valence electrons. The normalized spacial score (nSPS) is 19.5. The lowest BCUT2D eigenvalue weighted by atomic mass is 10.1. The molecule has 1 N–H and O–H groups in total. The zero-order chi connectivity index (χ0) is 18.0. The van der Waals surface area contributed by atoms with Crippen molar-refractivity contribution in [1.29, 1.82) is 0 Å². The molecule has 2 aromatic carbocycles. The predicted octanol–water partition coefficient (Wildman–Crippen LogP) is 3.67. The van der Waals surface area contributed by atoms with Gasteiger partial charge < -0.3 is 10.0 Å². The first-order valence-corrected chi connectivity index (χ1v) is 9.84. The van der Waals surface area contributed by atoms with Crippen LogP contribution >= 0.6 is 23.2 Å². The molecular weight excluding hydrogens is 385 g/mol. The minimum Gasteiger partial charge on any atom is -0.505 e. The summed E-state index contributed by atoms with van der Waals surface area (Å²) in [6.07, 6.45) is 1.06. The summed E-state index contributed by atoms with van der Waals surface area (Å²) in [5.41, 5.74) is 0.544. The Morgan fingerprint density at radius 2 is 1.72 bits per heavy atom. The van der Waals surface area contributed by atoms with Gasteiger partial charge >= 0.3 is 0 Å². The highest BCUT2D eigenvalue weighted by Crippen LogP contribution is 2.53. The number of rotatable bonds is 1. The van der Waals surface area contributed by atoms with Gasteiger partial charge in [0, 0.05) is 12.1 Å². The number of benzene rings is 2. The van der Waals surface area contributed by atoms with E-state index in [1.807, 2.05) is 0 Å². The zero-order valence-electron chi connectivity index (χ0n) is 12.9. The number of fused-ring (bicyclic) bond motifs is 1. The van der Waals surface area contributed by atoms with Crippen LogP contribution in [0.4, 0.5) is 5.69 Å². The quantitative estimate of drug-likeness (QED) is 0.796. The zero-order valence-corrected chi connectivity index (χ0v) is 15.2. The number of sulfone groups is 1. The third-order valence-electron chi connectivity index (χ3n) is 4.78. The van der Waals surface area contributed by atoms with Gasteiger partial charge in [-0.1, -0.05) is 35.3 Å². The Labute approximate surface area is 154 Å². The number of amides is 1. The first-order chi connectivity index (χ1) is 11.8. The second kappa shape index (κ2) is 5.37. The molecule has 4 rings (SSSR count). The minimum atomic E-state index is -3.47. The van der Waals surface area contributed by atoms with Crippen LogP contribution in [0.1, 0.15) is 23.2 Å². The van der Waals surface area contributed by atoms with Crippen LogP contribution in [0.5, 0.6) is 5.75 Å². The van der Waals surface area contributed by atoms with Crippen LogP contribution in [0.3, 0.4) is 0 Å². The lowest BCUT2D eigenvalue weighted by Crippen LogP contribution is -2.47. The van der Waals surface area contributed by atoms with Crippen LogP contribution in [0.25, 0.3) is 0 Å². The maximum atomic E-state index is 13.0. The van der Waals surface area contributed by atoms with Crippen molar-refractivity contribution in [2.45, 2.75) is 22.5 Å². The van der Waals surface area contributed by atoms with Crippen LogP contribution in [-0.4, -0.2) is 30.7 Å². The molecule has 1 amide bonds. The van der Waals surface area contributed by atoms with E-state index in [1.54, 1.807) is 18.2 Å². The number of carbonyl (C=O) groups excluding carboxylic acids is 1. The lowest BCUT2D eigenvalue weighted by molar-refractivity contribution is 0.0985. The van der Waals surface area contributed by atoms with Gasteiger partial charge in [-0.05, 0) is 37.1 Å². The van der Waals surface area contributed by atoms with E-state index >= 15 is 0 Å². The summed E-state index contributed by atoms with van der Waals surface area (Å²) in [5.74, 6) is -0.697. The van der Waals surface area contributed by atoms with Crippen LogP contribution in [0, 0.1) is 0 Å². The van der Waals surface area contributed by atoms with E-state index in [0.29, 0.717) is 18.5 Å². The molecule has 8 heteroatoms. The number of aromatic hydroxyl groups is 1. The molecule has 0 radical (unpaired) electrons. The van der Waals surface area contributed by atoms with Gasteiger partial charge in [-0.2, -0.15) is 0 Å². The fraction of sp³-hybridized carbons (Fsp3) is 0.235. The summed E-state index contributed by atoms with van der Waals surface area (Å²) in [6.45, 7) is 0.0985. The highest BCUT2D eigenvalue weighted by Gasteiger charge is 2.59. The molecule has 2 aromatic rings. The molecule has 25 heavy (non-hydrogen) atoms. The monoisotopic (exact) mass is 397 g/mol. The van der Waals surface area contributed by atoms with Gasteiger partial charge in [0.25, 0.3) is 5.91 Å². The second-order valence-corrected chi connectivity index (χ2v) is 9.46. The number of anilines is 1. The fourth-order valence-corrected chi connectivity index (χ4v) is 5.79. The van der Waals surface area contributed by atoms with Gasteiger partial charge in [0.1, 0.15) is 0 Å². The van der Waals surface area contributed by atoms with E-state index < -0.39 is 20.5 Å². The molecule has 1 aliphatic heterocycles. The van der Waals surface area contributed by atoms with E-state index in [-0.39, 0.29) is 32.8 Å². The molecule has 1 heterocycles. The average molecular weight is 398 g/mol. The largest absolute Gasteiger partial charge is 0.505 e. The van der Waals surface area contributed by atoms with Crippen LogP contribution < -0.4 is 4.90 Å². The SMILES string of the molecule is O=C(c1cc(Cl)c(O)c(Cl)c1)N1CC2(CC2)S(=O)(=O)c2ccccc21. The molecule has 1 saturated carbocycles. The Morgan fingerprint density at radius 1 is 1.12 bits per heavy atom. The van der Waals surface area contributed by atoms with Crippen molar-refractivity contribution in [3.05, 3.63) is 52.0 Å².